The summed E-state index contributed by atoms with van der Waals surface area (Å²) in [6.07, 6.45) is 10.8. The van der Waals surface area contributed by atoms with Gasteiger partial charge in [0.1, 0.15) is 12.4 Å². The molecule has 0 aliphatic heterocycles. The molecule has 0 bridgehead atoms. The summed E-state index contributed by atoms with van der Waals surface area (Å²) in [4.78, 5) is 0. The molecule has 1 aliphatic carbocycles. The van der Waals surface area contributed by atoms with Crippen molar-refractivity contribution in [3.8, 4) is 16.9 Å². The number of aromatic nitrogens is 2. The quantitative estimate of drug-likeness (QED) is 0.579. The third-order valence-corrected chi connectivity index (χ3v) is 5.88. The van der Waals surface area contributed by atoms with Crippen LogP contribution in [0.2, 0.25) is 0 Å². The zero-order valence-electron chi connectivity index (χ0n) is 17.2. The summed E-state index contributed by atoms with van der Waals surface area (Å²) in [5.41, 5.74) is 5.13. The fourth-order valence-electron chi connectivity index (χ4n) is 4.31. The third-order valence-electron chi connectivity index (χ3n) is 5.88. The van der Waals surface area contributed by atoms with E-state index in [0.29, 0.717) is 6.61 Å². The van der Waals surface area contributed by atoms with E-state index in [-0.39, 0.29) is 6.61 Å². The molecule has 2 aromatic carbocycles. The lowest BCUT2D eigenvalue weighted by molar-refractivity contribution is 0.258. The Labute approximate surface area is 173 Å². The summed E-state index contributed by atoms with van der Waals surface area (Å²) in [6, 6.07) is 14.2. The van der Waals surface area contributed by atoms with Gasteiger partial charge in [0.05, 0.1) is 12.8 Å². The maximum Gasteiger partial charge on any atom is 0.128 e. The largest absolute Gasteiger partial charge is 0.488 e. The molecule has 0 saturated heterocycles. The topological polar surface area (TPSA) is 47.3 Å². The molecule has 0 amide bonds. The molecule has 29 heavy (non-hydrogen) atoms. The third kappa shape index (κ3) is 4.88. The molecular weight excluding hydrogens is 360 g/mol. The van der Waals surface area contributed by atoms with E-state index in [4.69, 9.17) is 4.74 Å². The monoisotopic (exact) mass is 390 g/mol. The zero-order valence-corrected chi connectivity index (χ0v) is 17.2. The van der Waals surface area contributed by atoms with Crippen LogP contribution in [0.25, 0.3) is 11.1 Å². The van der Waals surface area contributed by atoms with Crippen LogP contribution in [0.3, 0.4) is 0 Å². The van der Waals surface area contributed by atoms with Crippen LogP contribution < -0.4 is 4.74 Å². The molecule has 1 N–H and O–H groups in total. The van der Waals surface area contributed by atoms with Crippen LogP contribution in [0.15, 0.2) is 54.9 Å². The second kappa shape index (κ2) is 9.27. The molecule has 0 spiro atoms. The van der Waals surface area contributed by atoms with Crippen LogP contribution in [-0.4, -0.2) is 14.9 Å². The number of nitrogens with zero attached hydrogens (tertiary/aromatic N) is 2. The Hall–Kier alpha value is -2.59. The van der Waals surface area contributed by atoms with Crippen LogP contribution in [0.1, 0.15) is 48.8 Å². The predicted octanol–water partition coefficient (Wildman–Crippen LogP) is 5.51. The molecule has 1 saturated carbocycles. The predicted molar refractivity (Wildman–Crippen MR) is 116 cm³/mol. The Morgan fingerprint density at radius 3 is 2.62 bits per heavy atom. The Bertz CT molecular complexity index is 927. The molecule has 0 radical (unpaired) electrons. The summed E-state index contributed by atoms with van der Waals surface area (Å²) in [5.74, 6) is 1.52. The molecule has 3 aromatic rings. The smallest absolute Gasteiger partial charge is 0.128 e. The molecule has 1 heterocycles. The highest BCUT2D eigenvalue weighted by atomic mass is 16.5. The number of aryl methyl sites for hydroxylation is 1. The normalized spacial score (nSPS) is 14.8. The summed E-state index contributed by atoms with van der Waals surface area (Å²) >= 11 is 0. The average Bonchev–Trinajstić information content (AvgIpc) is 3.22. The van der Waals surface area contributed by atoms with Crippen molar-refractivity contribution in [1.29, 1.82) is 0 Å². The minimum Gasteiger partial charge on any atom is -0.488 e. The van der Waals surface area contributed by atoms with Gasteiger partial charge in [0.15, 0.2) is 0 Å². The van der Waals surface area contributed by atoms with E-state index in [9.17, 15) is 5.11 Å². The van der Waals surface area contributed by atoms with Crippen molar-refractivity contribution >= 4 is 0 Å². The minimum atomic E-state index is -0.0466. The molecule has 0 unspecified atom stereocenters. The molecule has 4 nitrogen and oxygen atoms in total. The van der Waals surface area contributed by atoms with E-state index in [1.807, 2.05) is 49.5 Å². The van der Waals surface area contributed by atoms with Crippen LogP contribution in [0.5, 0.6) is 5.75 Å². The molecule has 152 valence electrons. The summed E-state index contributed by atoms with van der Waals surface area (Å²) in [7, 11) is 0. The highest BCUT2D eigenvalue weighted by molar-refractivity contribution is 5.66. The van der Waals surface area contributed by atoms with E-state index in [1.165, 1.54) is 32.1 Å². The second-order valence-corrected chi connectivity index (χ2v) is 8.17. The van der Waals surface area contributed by atoms with Gasteiger partial charge < -0.3 is 9.84 Å². The van der Waals surface area contributed by atoms with E-state index < -0.39 is 0 Å². The Balaban J connectivity index is 1.50. The first-order chi connectivity index (χ1) is 14.2. The molecular formula is C25H30N2O2. The summed E-state index contributed by atoms with van der Waals surface area (Å²) in [6.45, 7) is 3.49. The first-order valence-electron chi connectivity index (χ1n) is 10.7. The number of rotatable bonds is 7. The van der Waals surface area contributed by atoms with Crippen molar-refractivity contribution in [2.24, 2.45) is 5.92 Å². The number of hydrogen-bond donors (Lipinski definition) is 1. The molecule has 0 atom stereocenters. The Morgan fingerprint density at radius 1 is 1.07 bits per heavy atom. The van der Waals surface area contributed by atoms with Gasteiger partial charge in [-0.3, -0.25) is 4.68 Å². The van der Waals surface area contributed by atoms with Crippen molar-refractivity contribution in [2.75, 3.05) is 0 Å². The lowest BCUT2D eigenvalue weighted by Gasteiger charge is -2.21. The van der Waals surface area contributed by atoms with E-state index in [2.05, 4.69) is 22.0 Å². The maximum atomic E-state index is 9.93. The van der Waals surface area contributed by atoms with Gasteiger partial charge in [-0.15, -0.1) is 0 Å². The fraction of sp³-hybridized carbons (Fsp3) is 0.400. The van der Waals surface area contributed by atoms with Gasteiger partial charge in [-0.1, -0.05) is 49.6 Å². The molecule has 4 rings (SSSR count). The SMILES string of the molecule is Cc1cc(-c2cnn(CC3CCCCC3)c2)cc(CO)c1OCc1ccccc1. The second-order valence-electron chi connectivity index (χ2n) is 8.17. The van der Waals surface area contributed by atoms with Gasteiger partial charge in [-0.25, -0.2) is 0 Å². The van der Waals surface area contributed by atoms with Crippen molar-refractivity contribution < 1.29 is 9.84 Å². The standard InChI is InChI=1S/C25H30N2O2/c1-19-12-22(24-14-26-27(16-24)15-20-8-4-2-5-9-20)13-23(17-28)25(19)29-18-21-10-6-3-7-11-21/h3,6-7,10-14,16,20,28H,2,4-5,8-9,15,17-18H2,1H3. The summed E-state index contributed by atoms with van der Waals surface area (Å²) < 4.78 is 8.14. The first kappa shape index (κ1) is 19.7. The Morgan fingerprint density at radius 2 is 1.86 bits per heavy atom. The van der Waals surface area contributed by atoms with E-state index in [1.54, 1.807) is 0 Å². The Kier molecular flexibility index (Phi) is 6.30. The highest BCUT2D eigenvalue weighted by Gasteiger charge is 2.16. The molecule has 1 aromatic heterocycles. The molecule has 1 aliphatic rings. The van der Waals surface area contributed by atoms with E-state index >= 15 is 0 Å². The summed E-state index contributed by atoms with van der Waals surface area (Å²) in [5, 5.41) is 14.5. The highest BCUT2D eigenvalue weighted by Crippen LogP contribution is 2.32. The maximum absolute atomic E-state index is 9.93. The van der Waals surface area contributed by atoms with Crippen molar-refractivity contribution in [2.45, 2.75) is 58.8 Å². The lowest BCUT2D eigenvalue weighted by atomic mass is 9.89. The van der Waals surface area contributed by atoms with Crippen LogP contribution in [0.4, 0.5) is 0 Å². The minimum absolute atomic E-state index is 0.0466. The van der Waals surface area contributed by atoms with Crippen LogP contribution >= 0.6 is 0 Å². The van der Waals surface area contributed by atoms with Crippen LogP contribution in [0, 0.1) is 12.8 Å². The van der Waals surface area contributed by atoms with Crippen molar-refractivity contribution in [1.82, 2.24) is 9.78 Å². The van der Waals surface area contributed by atoms with Gasteiger partial charge >= 0.3 is 0 Å². The van der Waals surface area contributed by atoms with Gasteiger partial charge in [0, 0.05) is 23.9 Å². The first-order valence-corrected chi connectivity index (χ1v) is 10.7. The number of aliphatic hydroxyl groups is 1. The fourth-order valence-corrected chi connectivity index (χ4v) is 4.31. The van der Waals surface area contributed by atoms with Crippen LogP contribution in [-0.2, 0) is 19.8 Å². The van der Waals surface area contributed by atoms with Gasteiger partial charge in [0.25, 0.3) is 0 Å². The van der Waals surface area contributed by atoms with E-state index in [0.717, 1.165) is 46.0 Å². The average molecular weight is 391 g/mol. The lowest BCUT2D eigenvalue weighted by Crippen LogP contribution is -2.14. The van der Waals surface area contributed by atoms with Gasteiger partial charge in [0.2, 0.25) is 0 Å². The molecule has 4 heteroatoms. The van der Waals surface area contributed by atoms with Crippen molar-refractivity contribution in [3.63, 3.8) is 0 Å². The number of aliphatic hydroxyl groups excluding tert-OH is 1. The van der Waals surface area contributed by atoms with Gasteiger partial charge in [-0.05, 0) is 54.5 Å². The number of hydrogen-bond acceptors (Lipinski definition) is 3. The number of benzene rings is 2. The van der Waals surface area contributed by atoms with Crippen molar-refractivity contribution in [3.05, 3.63) is 71.5 Å². The zero-order chi connectivity index (χ0) is 20.1. The van der Waals surface area contributed by atoms with Gasteiger partial charge in [-0.2, -0.15) is 5.10 Å². The number of ether oxygens (including phenoxy) is 1. The molecule has 1 fully saturated rings.